The van der Waals surface area contributed by atoms with Crippen LogP contribution >= 0.6 is 0 Å². The van der Waals surface area contributed by atoms with Gasteiger partial charge >= 0.3 is 6.36 Å². The van der Waals surface area contributed by atoms with Gasteiger partial charge < -0.3 is 19.5 Å². The van der Waals surface area contributed by atoms with E-state index in [9.17, 15) is 27.5 Å². The Bertz CT molecular complexity index is 1450. The Morgan fingerprint density at radius 3 is 2.38 bits per heavy atom. The average Bonchev–Trinajstić information content (AvgIpc) is 3.45. The van der Waals surface area contributed by atoms with Crippen molar-refractivity contribution in [2.24, 2.45) is 0 Å². The van der Waals surface area contributed by atoms with Crippen molar-refractivity contribution in [3.8, 4) is 5.75 Å². The molecule has 222 valence electrons. The molecule has 1 N–H and O–H groups in total. The van der Waals surface area contributed by atoms with Crippen molar-refractivity contribution in [1.82, 2.24) is 19.7 Å². The Morgan fingerprint density at radius 2 is 1.76 bits per heavy atom. The van der Waals surface area contributed by atoms with Crippen LogP contribution in [0.4, 0.5) is 22.0 Å². The first-order chi connectivity index (χ1) is 20.0. The van der Waals surface area contributed by atoms with Crippen LogP contribution in [0.1, 0.15) is 28.4 Å². The lowest BCUT2D eigenvalue weighted by molar-refractivity contribution is -0.274. The fourth-order valence-electron chi connectivity index (χ4n) is 4.47. The van der Waals surface area contributed by atoms with Crippen LogP contribution in [-0.2, 0) is 23.5 Å². The molecule has 1 amide bonds. The second kappa shape index (κ2) is 13.1. The zero-order valence-corrected chi connectivity index (χ0v) is 22.3. The zero-order valence-electron chi connectivity index (χ0n) is 22.3. The van der Waals surface area contributed by atoms with Gasteiger partial charge in [-0.05, 0) is 42.8 Å². The number of aromatic nitrogens is 3. The maximum atomic E-state index is 15.1. The third kappa shape index (κ3) is 7.68. The molecule has 0 saturated heterocycles. The lowest BCUT2D eigenvalue weighted by Gasteiger charge is -2.41. The summed E-state index contributed by atoms with van der Waals surface area (Å²) in [5.41, 5.74) is -1.62. The SMILES string of the molecule is C[C@@H](N(CCOCc1ccccc1)C(=O)c1ccc(OC(F)(F)F)cc1)[C@](O)(Cn1cncn1)c1ccc(F)cc1F. The topological polar surface area (TPSA) is 89.7 Å². The van der Waals surface area contributed by atoms with Crippen LogP contribution in [0, 0.1) is 11.6 Å². The molecule has 13 heteroatoms. The maximum absolute atomic E-state index is 15.1. The summed E-state index contributed by atoms with van der Waals surface area (Å²) in [7, 11) is 0. The van der Waals surface area contributed by atoms with Crippen molar-refractivity contribution in [3.05, 3.63) is 114 Å². The van der Waals surface area contributed by atoms with Gasteiger partial charge in [0.05, 0.1) is 25.8 Å². The number of ether oxygens (including phenoxy) is 2. The maximum Gasteiger partial charge on any atom is 0.573 e. The predicted octanol–water partition coefficient (Wildman–Crippen LogP) is 5.09. The van der Waals surface area contributed by atoms with E-state index in [1.807, 2.05) is 30.3 Å². The number of hydrogen-bond donors (Lipinski definition) is 1. The van der Waals surface area contributed by atoms with Gasteiger partial charge in [0.2, 0.25) is 0 Å². The monoisotopic (exact) mass is 590 g/mol. The molecule has 0 bridgehead atoms. The number of halogens is 5. The van der Waals surface area contributed by atoms with Gasteiger partial charge in [-0.25, -0.2) is 18.4 Å². The summed E-state index contributed by atoms with van der Waals surface area (Å²) >= 11 is 0. The number of amides is 1. The number of carbonyl (C=O) groups excluding carboxylic acids is 1. The molecule has 0 fully saturated rings. The first kappa shape index (κ1) is 30.6. The molecular weight excluding hydrogens is 563 g/mol. The van der Waals surface area contributed by atoms with E-state index in [1.165, 1.54) is 29.2 Å². The van der Waals surface area contributed by atoms with Crippen LogP contribution in [0.5, 0.6) is 5.75 Å². The molecule has 4 rings (SSSR count). The van der Waals surface area contributed by atoms with E-state index in [2.05, 4.69) is 14.8 Å². The summed E-state index contributed by atoms with van der Waals surface area (Å²) in [6, 6.07) is 15.0. The summed E-state index contributed by atoms with van der Waals surface area (Å²) in [6.07, 6.45) is -2.43. The number of rotatable bonds is 12. The summed E-state index contributed by atoms with van der Waals surface area (Å²) < 4.78 is 77.7. The second-order valence-electron chi connectivity index (χ2n) is 9.43. The largest absolute Gasteiger partial charge is 0.573 e. The molecule has 4 aromatic rings. The van der Waals surface area contributed by atoms with E-state index < -0.39 is 41.3 Å². The smallest absolute Gasteiger partial charge is 0.406 e. The standard InChI is InChI=1S/C29H27F5N4O4/c1-20(28(40,17-37-19-35-18-36-37)25-12-9-23(30)15-26(25)31)38(13-14-41-16-21-5-3-2-4-6-21)27(39)22-7-10-24(11-8-22)42-29(32,33)34/h2-12,15,18-20,40H,13-14,16-17H2,1H3/t20-,28-/m1/s1. The third-order valence-corrected chi connectivity index (χ3v) is 6.61. The van der Waals surface area contributed by atoms with Crippen LogP contribution < -0.4 is 4.74 Å². The molecular formula is C29H27F5N4O4. The van der Waals surface area contributed by atoms with Gasteiger partial charge in [0.15, 0.2) is 0 Å². The molecule has 1 heterocycles. The number of aliphatic hydroxyl groups is 1. The van der Waals surface area contributed by atoms with Gasteiger partial charge in [0.25, 0.3) is 5.91 Å². The molecule has 0 aliphatic heterocycles. The van der Waals surface area contributed by atoms with Crippen molar-refractivity contribution in [2.75, 3.05) is 13.2 Å². The summed E-state index contributed by atoms with van der Waals surface area (Å²) in [4.78, 5) is 18.8. The fourth-order valence-corrected chi connectivity index (χ4v) is 4.47. The Hall–Kier alpha value is -4.36. The first-order valence-electron chi connectivity index (χ1n) is 12.7. The number of alkyl halides is 3. The summed E-state index contributed by atoms with van der Waals surface area (Å²) in [5.74, 6) is -3.13. The molecule has 0 radical (unpaired) electrons. The average molecular weight is 591 g/mol. The van der Waals surface area contributed by atoms with Crippen LogP contribution in [-0.4, -0.2) is 56.2 Å². The Balaban J connectivity index is 1.66. The number of benzene rings is 3. The number of nitrogens with zero attached hydrogens (tertiary/aromatic N) is 4. The van der Waals surface area contributed by atoms with E-state index >= 15 is 4.39 Å². The van der Waals surface area contributed by atoms with E-state index in [4.69, 9.17) is 4.74 Å². The van der Waals surface area contributed by atoms with Gasteiger partial charge in [0.1, 0.15) is 35.6 Å². The van der Waals surface area contributed by atoms with Crippen molar-refractivity contribution in [2.45, 2.75) is 38.1 Å². The summed E-state index contributed by atoms with van der Waals surface area (Å²) in [5, 5.41) is 16.0. The normalized spacial score (nSPS) is 13.8. The van der Waals surface area contributed by atoms with Crippen LogP contribution in [0.3, 0.4) is 0 Å². The highest BCUT2D eigenvalue weighted by molar-refractivity contribution is 5.94. The molecule has 0 spiro atoms. The molecule has 0 aliphatic carbocycles. The van der Waals surface area contributed by atoms with Crippen LogP contribution in [0.2, 0.25) is 0 Å². The molecule has 0 aliphatic rings. The Morgan fingerprint density at radius 1 is 1.05 bits per heavy atom. The molecule has 8 nitrogen and oxygen atoms in total. The highest BCUT2D eigenvalue weighted by Gasteiger charge is 2.43. The van der Waals surface area contributed by atoms with Gasteiger partial charge in [0, 0.05) is 23.7 Å². The Kier molecular flexibility index (Phi) is 9.53. The van der Waals surface area contributed by atoms with E-state index in [-0.39, 0.29) is 37.4 Å². The number of carbonyl (C=O) groups is 1. The second-order valence-corrected chi connectivity index (χ2v) is 9.43. The number of hydrogen-bond acceptors (Lipinski definition) is 6. The van der Waals surface area contributed by atoms with Crippen molar-refractivity contribution < 1.29 is 41.3 Å². The van der Waals surface area contributed by atoms with Crippen LogP contribution in [0.15, 0.2) is 85.5 Å². The molecule has 1 aromatic heterocycles. The van der Waals surface area contributed by atoms with E-state index in [0.29, 0.717) is 6.07 Å². The van der Waals surface area contributed by atoms with Crippen molar-refractivity contribution >= 4 is 5.91 Å². The van der Waals surface area contributed by atoms with Gasteiger partial charge in [-0.2, -0.15) is 5.10 Å². The quantitative estimate of drug-likeness (QED) is 0.183. The predicted molar refractivity (Wildman–Crippen MR) is 140 cm³/mol. The van der Waals surface area contributed by atoms with Crippen LogP contribution in [0.25, 0.3) is 0 Å². The Labute approximate surface area is 237 Å². The van der Waals surface area contributed by atoms with Crippen molar-refractivity contribution in [3.63, 3.8) is 0 Å². The fraction of sp³-hybridized carbons (Fsp3) is 0.276. The molecule has 42 heavy (non-hydrogen) atoms. The minimum atomic E-state index is -4.92. The van der Waals surface area contributed by atoms with Crippen molar-refractivity contribution in [1.29, 1.82) is 0 Å². The lowest BCUT2D eigenvalue weighted by Crippen LogP contribution is -2.54. The minimum absolute atomic E-state index is 0.00838. The zero-order chi connectivity index (χ0) is 30.3. The highest BCUT2D eigenvalue weighted by Crippen LogP contribution is 2.34. The molecule has 2 atom stereocenters. The van der Waals surface area contributed by atoms with Gasteiger partial charge in [-0.3, -0.25) is 4.79 Å². The van der Waals surface area contributed by atoms with E-state index in [1.54, 1.807) is 0 Å². The molecule has 3 aromatic carbocycles. The minimum Gasteiger partial charge on any atom is -0.406 e. The lowest BCUT2D eigenvalue weighted by atomic mass is 9.85. The third-order valence-electron chi connectivity index (χ3n) is 6.61. The highest BCUT2D eigenvalue weighted by atomic mass is 19.4. The van der Waals surface area contributed by atoms with Gasteiger partial charge in [-0.1, -0.05) is 36.4 Å². The first-order valence-corrected chi connectivity index (χ1v) is 12.7. The van der Waals surface area contributed by atoms with E-state index in [0.717, 1.165) is 42.0 Å². The summed E-state index contributed by atoms with van der Waals surface area (Å²) in [6.45, 7) is 1.21. The molecule has 0 unspecified atom stereocenters. The van der Waals surface area contributed by atoms with Gasteiger partial charge in [-0.15, -0.1) is 13.2 Å². The molecule has 0 saturated carbocycles.